The van der Waals surface area contributed by atoms with Gasteiger partial charge in [0.25, 0.3) is 0 Å². The molecule has 3 rings (SSSR count). The van der Waals surface area contributed by atoms with Gasteiger partial charge in [0.15, 0.2) is 0 Å². The SMILES string of the molecule is CC(Nc1ccc2[nH]c(=O)[nH]c2c1)c1ccn[nH]1. The Morgan fingerprint density at radius 1 is 1.22 bits per heavy atom. The summed E-state index contributed by atoms with van der Waals surface area (Å²) in [6, 6.07) is 7.75. The van der Waals surface area contributed by atoms with E-state index in [9.17, 15) is 4.79 Å². The van der Waals surface area contributed by atoms with Crippen LogP contribution in [0.4, 0.5) is 5.69 Å². The molecular weight excluding hydrogens is 230 g/mol. The molecule has 0 aliphatic carbocycles. The normalized spacial score (nSPS) is 12.7. The van der Waals surface area contributed by atoms with Crippen LogP contribution in [0.15, 0.2) is 35.3 Å². The van der Waals surface area contributed by atoms with Gasteiger partial charge in [-0.3, -0.25) is 5.10 Å². The van der Waals surface area contributed by atoms with Crippen LogP contribution in [0.3, 0.4) is 0 Å². The van der Waals surface area contributed by atoms with E-state index < -0.39 is 0 Å². The van der Waals surface area contributed by atoms with E-state index in [2.05, 4.69) is 25.5 Å². The van der Waals surface area contributed by atoms with E-state index in [4.69, 9.17) is 0 Å². The Hall–Kier alpha value is -2.50. The second-order valence-corrected chi connectivity index (χ2v) is 4.22. The molecule has 0 bridgehead atoms. The van der Waals surface area contributed by atoms with Crippen molar-refractivity contribution in [2.45, 2.75) is 13.0 Å². The number of hydrogen-bond acceptors (Lipinski definition) is 3. The van der Waals surface area contributed by atoms with Crippen molar-refractivity contribution in [2.24, 2.45) is 0 Å². The summed E-state index contributed by atoms with van der Waals surface area (Å²) in [5, 5.41) is 10.2. The fourth-order valence-electron chi connectivity index (χ4n) is 1.96. The van der Waals surface area contributed by atoms with Gasteiger partial charge in [-0.15, -0.1) is 0 Å². The summed E-state index contributed by atoms with van der Waals surface area (Å²) >= 11 is 0. The Morgan fingerprint density at radius 2 is 2.06 bits per heavy atom. The maximum Gasteiger partial charge on any atom is 0.323 e. The van der Waals surface area contributed by atoms with Gasteiger partial charge in [-0.25, -0.2) is 4.79 Å². The molecule has 0 amide bonds. The van der Waals surface area contributed by atoms with Crippen LogP contribution < -0.4 is 11.0 Å². The molecule has 6 nitrogen and oxygen atoms in total. The molecule has 6 heteroatoms. The lowest BCUT2D eigenvalue weighted by Gasteiger charge is -2.13. The van der Waals surface area contributed by atoms with Crippen molar-refractivity contribution in [3.05, 3.63) is 46.6 Å². The van der Waals surface area contributed by atoms with Crippen molar-refractivity contribution in [1.82, 2.24) is 20.2 Å². The standard InChI is InChI=1S/C12H13N5O/c1-7(9-4-5-13-17-9)14-8-2-3-10-11(6-8)16-12(18)15-10/h2-7,14H,1H3,(H,13,17)(H2,15,16,18). The lowest BCUT2D eigenvalue weighted by atomic mass is 10.2. The largest absolute Gasteiger partial charge is 0.377 e. The first-order valence-corrected chi connectivity index (χ1v) is 5.70. The Kier molecular flexibility index (Phi) is 2.40. The van der Waals surface area contributed by atoms with E-state index in [0.29, 0.717) is 0 Å². The highest BCUT2D eigenvalue weighted by molar-refractivity contribution is 5.78. The predicted octanol–water partition coefficient (Wildman–Crippen LogP) is 1.75. The van der Waals surface area contributed by atoms with E-state index >= 15 is 0 Å². The highest BCUT2D eigenvalue weighted by atomic mass is 16.1. The third kappa shape index (κ3) is 1.88. The zero-order valence-corrected chi connectivity index (χ0v) is 9.82. The maximum atomic E-state index is 11.2. The molecule has 1 atom stereocenters. The zero-order chi connectivity index (χ0) is 12.5. The lowest BCUT2D eigenvalue weighted by molar-refractivity contribution is 0.826. The van der Waals surface area contributed by atoms with E-state index in [1.54, 1.807) is 6.20 Å². The highest BCUT2D eigenvalue weighted by Gasteiger charge is 2.07. The smallest absolute Gasteiger partial charge is 0.323 e. The van der Waals surface area contributed by atoms with Crippen LogP contribution in [0.1, 0.15) is 18.7 Å². The molecule has 2 aromatic heterocycles. The Labute approximate surface area is 102 Å². The molecule has 0 spiro atoms. The van der Waals surface area contributed by atoms with Crippen molar-refractivity contribution < 1.29 is 0 Å². The van der Waals surface area contributed by atoms with E-state index in [0.717, 1.165) is 22.4 Å². The summed E-state index contributed by atoms with van der Waals surface area (Å²) in [5.74, 6) is 0. The number of imidazole rings is 1. The number of benzene rings is 1. The van der Waals surface area contributed by atoms with Gasteiger partial charge in [0.1, 0.15) is 0 Å². The second kappa shape index (κ2) is 4.06. The topological polar surface area (TPSA) is 89.4 Å². The average molecular weight is 243 g/mol. The number of aromatic amines is 3. The van der Waals surface area contributed by atoms with Crippen molar-refractivity contribution in [1.29, 1.82) is 0 Å². The average Bonchev–Trinajstić information content (AvgIpc) is 2.95. The molecule has 0 aliphatic heterocycles. The monoisotopic (exact) mass is 243 g/mol. The molecule has 18 heavy (non-hydrogen) atoms. The third-order valence-electron chi connectivity index (χ3n) is 2.89. The summed E-state index contributed by atoms with van der Waals surface area (Å²) in [7, 11) is 0. The molecule has 0 saturated heterocycles. The number of nitrogens with one attached hydrogen (secondary N) is 4. The van der Waals surface area contributed by atoms with Gasteiger partial charge in [0.05, 0.1) is 22.8 Å². The molecule has 0 saturated carbocycles. The van der Waals surface area contributed by atoms with E-state index in [1.165, 1.54) is 0 Å². The van der Waals surface area contributed by atoms with Crippen LogP contribution in [0.2, 0.25) is 0 Å². The minimum Gasteiger partial charge on any atom is -0.377 e. The molecule has 0 radical (unpaired) electrons. The van der Waals surface area contributed by atoms with Crippen molar-refractivity contribution >= 4 is 16.7 Å². The van der Waals surface area contributed by atoms with Crippen LogP contribution in [0.5, 0.6) is 0 Å². The summed E-state index contributed by atoms with van der Waals surface area (Å²) < 4.78 is 0. The fraction of sp³-hybridized carbons (Fsp3) is 0.167. The minimum atomic E-state index is -0.191. The Balaban J connectivity index is 1.88. The number of nitrogens with zero attached hydrogens (tertiary/aromatic N) is 1. The summed E-state index contributed by atoms with van der Waals surface area (Å²) in [4.78, 5) is 16.6. The molecule has 3 aromatic rings. The summed E-state index contributed by atoms with van der Waals surface area (Å²) in [6.07, 6.45) is 1.72. The zero-order valence-electron chi connectivity index (χ0n) is 9.82. The van der Waals surface area contributed by atoms with Gasteiger partial charge >= 0.3 is 5.69 Å². The van der Waals surface area contributed by atoms with Gasteiger partial charge in [0, 0.05) is 11.9 Å². The van der Waals surface area contributed by atoms with Gasteiger partial charge in [-0.1, -0.05) is 0 Å². The van der Waals surface area contributed by atoms with Gasteiger partial charge in [0.2, 0.25) is 0 Å². The number of fused-ring (bicyclic) bond motifs is 1. The minimum absolute atomic E-state index is 0.121. The second-order valence-electron chi connectivity index (χ2n) is 4.22. The predicted molar refractivity (Wildman–Crippen MR) is 69.5 cm³/mol. The third-order valence-corrected chi connectivity index (χ3v) is 2.89. The quantitative estimate of drug-likeness (QED) is 0.565. The van der Waals surface area contributed by atoms with Gasteiger partial charge < -0.3 is 15.3 Å². The number of rotatable bonds is 3. The number of aromatic nitrogens is 4. The highest BCUT2D eigenvalue weighted by Crippen LogP contribution is 2.20. The summed E-state index contributed by atoms with van der Waals surface area (Å²) in [5.41, 5.74) is 3.36. The number of H-pyrrole nitrogens is 3. The van der Waals surface area contributed by atoms with Crippen LogP contribution >= 0.6 is 0 Å². The fourth-order valence-corrected chi connectivity index (χ4v) is 1.96. The van der Waals surface area contributed by atoms with Gasteiger partial charge in [-0.2, -0.15) is 5.10 Å². The number of hydrogen-bond donors (Lipinski definition) is 4. The van der Waals surface area contributed by atoms with Crippen molar-refractivity contribution in [3.63, 3.8) is 0 Å². The first kappa shape index (κ1) is 10.6. The number of anilines is 1. The molecule has 2 heterocycles. The van der Waals surface area contributed by atoms with Crippen LogP contribution in [-0.2, 0) is 0 Å². The molecule has 4 N–H and O–H groups in total. The molecule has 0 aliphatic rings. The summed E-state index contributed by atoms with van der Waals surface area (Å²) in [6.45, 7) is 2.04. The van der Waals surface area contributed by atoms with Crippen LogP contribution in [0.25, 0.3) is 11.0 Å². The Bertz CT molecular complexity index is 709. The van der Waals surface area contributed by atoms with Gasteiger partial charge in [-0.05, 0) is 31.2 Å². The van der Waals surface area contributed by atoms with Crippen molar-refractivity contribution in [3.8, 4) is 0 Å². The van der Waals surface area contributed by atoms with Crippen molar-refractivity contribution in [2.75, 3.05) is 5.32 Å². The first-order chi connectivity index (χ1) is 8.72. The van der Waals surface area contributed by atoms with Crippen LogP contribution in [-0.4, -0.2) is 20.2 Å². The molecule has 1 aromatic carbocycles. The van der Waals surface area contributed by atoms with Crippen LogP contribution in [0, 0.1) is 0 Å². The first-order valence-electron chi connectivity index (χ1n) is 5.70. The maximum absolute atomic E-state index is 11.2. The van der Waals surface area contributed by atoms with E-state index in [-0.39, 0.29) is 11.7 Å². The molecule has 92 valence electrons. The van der Waals surface area contributed by atoms with E-state index in [1.807, 2.05) is 31.2 Å². The molecule has 1 unspecified atom stereocenters. The Morgan fingerprint density at radius 3 is 2.83 bits per heavy atom. The lowest BCUT2D eigenvalue weighted by Crippen LogP contribution is -2.06. The molecule has 0 fully saturated rings. The molecular formula is C12H13N5O.